The van der Waals surface area contributed by atoms with Crippen molar-refractivity contribution in [2.45, 2.75) is 25.7 Å². The molecule has 1 heterocycles. The van der Waals surface area contributed by atoms with E-state index in [1.165, 1.54) is 0 Å². The normalized spacial score (nSPS) is 16.4. The number of carbonyl (C=O) groups is 1. The summed E-state index contributed by atoms with van der Waals surface area (Å²) in [4.78, 5) is 19.1. The molecular formula is C32H31Cl2FN2O3. The minimum atomic E-state index is -0.938. The number of carboxylic acid groups (broad SMARTS) is 1. The van der Waals surface area contributed by atoms with Gasteiger partial charge in [0.05, 0.1) is 17.9 Å². The molecule has 8 heteroatoms. The lowest BCUT2D eigenvalue weighted by Gasteiger charge is -2.39. The number of oxime groups is 1. The van der Waals surface area contributed by atoms with Crippen LogP contribution in [0.1, 0.15) is 57.4 Å². The summed E-state index contributed by atoms with van der Waals surface area (Å²) in [6.45, 7) is 2.10. The van der Waals surface area contributed by atoms with Crippen molar-refractivity contribution in [2.24, 2.45) is 11.1 Å². The molecule has 0 saturated carbocycles. The van der Waals surface area contributed by atoms with Crippen molar-refractivity contribution in [3.05, 3.63) is 104 Å². The molecule has 3 aromatic carbocycles. The van der Waals surface area contributed by atoms with Crippen LogP contribution in [0.15, 0.2) is 65.8 Å². The minimum absolute atomic E-state index is 0.223. The van der Waals surface area contributed by atoms with Crippen LogP contribution in [0.3, 0.4) is 0 Å². The summed E-state index contributed by atoms with van der Waals surface area (Å²) in [5, 5.41) is 15.1. The molecule has 3 aromatic rings. The molecule has 1 saturated heterocycles. The molecule has 2 aliphatic rings. The van der Waals surface area contributed by atoms with Crippen LogP contribution in [0.4, 0.5) is 4.39 Å². The number of hydrogen-bond donors (Lipinski definition) is 1. The van der Waals surface area contributed by atoms with Gasteiger partial charge in [0.25, 0.3) is 0 Å². The van der Waals surface area contributed by atoms with Gasteiger partial charge in [-0.25, -0.2) is 4.79 Å². The van der Waals surface area contributed by atoms with Crippen molar-refractivity contribution in [3.63, 3.8) is 0 Å². The Hall–Kier alpha value is -3.19. The van der Waals surface area contributed by atoms with Crippen LogP contribution in [0.2, 0.25) is 10.0 Å². The van der Waals surface area contributed by atoms with Crippen molar-refractivity contribution >= 4 is 46.0 Å². The molecule has 0 amide bonds. The van der Waals surface area contributed by atoms with Crippen molar-refractivity contribution < 1.29 is 19.1 Å². The molecule has 5 nitrogen and oxygen atoms in total. The number of nitrogens with zero attached hydrogens (tertiary/aromatic N) is 2. The maximum absolute atomic E-state index is 12.6. The van der Waals surface area contributed by atoms with Crippen LogP contribution in [0.5, 0.6) is 0 Å². The fourth-order valence-corrected chi connectivity index (χ4v) is 6.25. The van der Waals surface area contributed by atoms with E-state index in [1.54, 1.807) is 25.3 Å². The van der Waals surface area contributed by atoms with Gasteiger partial charge < -0.3 is 14.8 Å². The summed E-state index contributed by atoms with van der Waals surface area (Å²) >= 11 is 12.9. The van der Waals surface area contributed by atoms with Crippen molar-refractivity contribution in [1.82, 2.24) is 4.90 Å². The lowest BCUT2D eigenvalue weighted by Crippen LogP contribution is -2.50. The van der Waals surface area contributed by atoms with E-state index in [4.69, 9.17) is 28.0 Å². The van der Waals surface area contributed by atoms with Gasteiger partial charge in [0.2, 0.25) is 0 Å². The van der Waals surface area contributed by atoms with Gasteiger partial charge in [-0.05, 0) is 88.9 Å². The number of benzene rings is 3. The molecule has 0 spiro atoms. The fraction of sp³-hybridized carbons (Fsp3) is 0.312. The Morgan fingerprint density at radius 1 is 1.02 bits per heavy atom. The lowest BCUT2D eigenvalue weighted by molar-refractivity contribution is 0.0696. The smallest absolute Gasteiger partial charge is 0.335 e. The molecule has 1 aliphatic heterocycles. The monoisotopic (exact) mass is 580 g/mol. The Bertz CT molecular complexity index is 1460. The van der Waals surface area contributed by atoms with E-state index in [-0.39, 0.29) is 18.2 Å². The molecule has 1 fully saturated rings. The number of carboxylic acids is 1. The van der Waals surface area contributed by atoms with E-state index in [2.05, 4.69) is 34.3 Å². The molecular weight excluding hydrogens is 550 g/mol. The van der Waals surface area contributed by atoms with Crippen molar-refractivity contribution in [3.8, 4) is 0 Å². The SMILES string of the molecule is CO/N=C(\c1ccc(C2=C(c3ccc(Cl)cc3Cl)CCCc3cc(C(=O)O)ccc32)cc1)C1CN(CCCF)C1. The third kappa shape index (κ3) is 5.95. The minimum Gasteiger partial charge on any atom is -0.478 e. The van der Waals surface area contributed by atoms with Gasteiger partial charge in [-0.1, -0.05) is 64.8 Å². The van der Waals surface area contributed by atoms with Crippen molar-refractivity contribution in [1.29, 1.82) is 0 Å². The topological polar surface area (TPSA) is 62.1 Å². The Labute approximate surface area is 243 Å². The molecule has 1 aliphatic carbocycles. The first kappa shape index (κ1) is 28.3. The summed E-state index contributed by atoms with van der Waals surface area (Å²) in [7, 11) is 1.55. The third-order valence-corrected chi connectivity index (χ3v) is 8.21. The van der Waals surface area contributed by atoms with Gasteiger partial charge in [-0.15, -0.1) is 0 Å². The summed E-state index contributed by atoms with van der Waals surface area (Å²) in [5.74, 6) is -0.715. The summed E-state index contributed by atoms with van der Waals surface area (Å²) < 4.78 is 12.6. The predicted octanol–water partition coefficient (Wildman–Crippen LogP) is 7.63. The predicted molar refractivity (Wildman–Crippen MR) is 159 cm³/mol. The number of aromatic carboxylic acids is 1. The maximum atomic E-state index is 12.6. The Balaban J connectivity index is 1.57. The van der Waals surface area contributed by atoms with Crippen LogP contribution < -0.4 is 0 Å². The second-order valence-electron chi connectivity index (χ2n) is 10.2. The zero-order valence-corrected chi connectivity index (χ0v) is 23.8. The first-order valence-electron chi connectivity index (χ1n) is 13.4. The van der Waals surface area contributed by atoms with Crippen LogP contribution in [0.25, 0.3) is 11.1 Å². The van der Waals surface area contributed by atoms with Gasteiger partial charge in [-0.3, -0.25) is 4.39 Å². The van der Waals surface area contributed by atoms with E-state index in [0.717, 1.165) is 83.6 Å². The third-order valence-electron chi connectivity index (χ3n) is 7.66. The van der Waals surface area contributed by atoms with Crippen LogP contribution in [-0.2, 0) is 11.3 Å². The molecule has 1 N–H and O–H groups in total. The summed E-state index contributed by atoms with van der Waals surface area (Å²) in [6.07, 6.45) is 2.94. The second kappa shape index (κ2) is 12.5. The van der Waals surface area contributed by atoms with E-state index in [9.17, 15) is 14.3 Å². The molecule has 0 bridgehead atoms. The highest BCUT2D eigenvalue weighted by molar-refractivity contribution is 6.36. The molecule has 5 rings (SSSR count). The zero-order chi connectivity index (χ0) is 28.2. The number of fused-ring (bicyclic) bond motifs is 1. The van der Waals surface area contributed by atoms with Gasteiger partial charge in [0.1, 0.15) is 7.11 Å². The average molecular weight is 582 g/mol. The molecule has 40 heavy (non-hydrogen) atoms. The molecule has 0 unspecified atom stereocenters. The first-order valence-corrected chi connectivity index (χ1v) is 14.2. The van der Waals surface area contributed by atoms with Crippen molar-refractivity contribution in [2.75, 3.05) is 33.4 Å². The average Bonchev–Trinajstić information content (AvgIpc) is 3.11. The zero-order valence-electron chi connectivity index (χ0n) is 22.3. The van der Waals surface area contributed by atoms with E-state index in [0.29, 0.717) is 16.5 Å². The van der Waals surface area contributed by atoms with Gasteiger partial charge in [0.15, 0.2) is 0 Å². The number of likely N-dealkylation sites (tertiary alicyclic amines) is 1. The highest BCUT2D eigenvalue weighted by Gasteiger charge is 2.32. The van der Waals surface area contributed by atoms with Gasteiger partial charge in [-0.2, -0.15) is 0 Å². The van der Waals surface area contributed by atoms with Gasteiger partial charge >= 0.3 is 5.97 Å². The van der Waals surface area contributed by atoms with E-state index < -0.39 is 5.97 Å². The number of alkyl halides is 1. The number of aryl methyl sites for hydroxylation is 1. The number of allylic oxidation sites excluding steroid dienone is 1. The number of hydrogen-bond acceptors (Lipinski definition) is 4. The standard InChI is InChI=1S/C32H31Cl2FN2O3/c1-40-36-31(24-18-37(19-24)15-3-14-35)21-8-6-20(7-9-21)30-26-12-10-23(32(38)39)16-22(26)4-2-5-28(30)27-13-11-25(33)17-29(27)34/h6-13,16-17,24H,2-5,14-15,18-19H2,1H3,(H,38,39)/b36-31+. The molecule has 0 radical (unpaired) electrons. The lowest BCUT2D eigenvalue weighted by atomic mass is 9.85. The summed E-state index contributed by atoms with van der Waals surface area (Å²) in [6, 6.07) is 19.2. The fourth-order valence-electron chi connectivity index (χ4n) is 5.73. The first-order chi connectivity index (χ1) is 19.4. The summed E-state index contributed by atoms with van der Waals surface area (Å²) in [5.41, 5.74) is 8.21. The quantitative estimate of drug-likeness (QED) is 0.209. The van der Waals surface area contributed by atoms with Crippen LogP contribution in [-0.4, -0.2) is 55.1 Å². The highest BCUT2D eigenvalue weighted by Crippen LogP contribution is 2.42. The molecule has 0 atom stereocenters. The highest BCUT2D eigenvalue weighted by atomic mass is 35.5. The number of rotatable bonds is 9. The molecule has 0 aromatic heterocycles. The second-order valence-corrected chi connectivity index (χ2v) is 11.1. The van der Waals surface area contributed by atoms with E-state index >= 15 is 0 Å². The Morgan fingerprint density at radius 2 is 1.75 bits per heavy atom. The van der Waals surface area contributed by atoms with Gasteiger partial charge in [0, 0.05) is 35.6 Å². The van der Waals surface area contributed by atoms with E-state index in [1.807, 2.05) is 18.2 Å². The molecule has 208 valence electrons. The Morgan fingerprint density at radius 3 is 2.42 bits per heavy atom. The maximum Gasteiger partial charge on any atom is 0.335 e. The Kier molecular flexibility index (Phi) is 8.89. The largest absolute Gasteiger partial charge is 0.478 e. The number of halogens is 3. The van der Waals surface area contributed by atoms with Crippen LogP contribution in [0, 0.1) is 5.92 Å². The van der Waals surface area contributed by atoms with Crippen LogP contribution >= 0.6 is 23.2 Å².